The first-order valence-corrected chi connectivity index (χ1v) is 11.0. The van der Waals surface area contributed by atoms with Crippen LogP contribution >= 0.6 is 0 Å². The molecule has 1 aromatic heterocycles. The molecule has 6 heteroatoms. The van der Waals surface area contributed by atoms with Gasteiger partial charge >= 0.3 is 0 Å². The number of aromatic nitrogens is 2. The van der Waals surface area contributed by atoms with Gasteiger partial charge in [0.1, 0.15) is 5.75 Å². The number of likely N-dealkylation sites (tertiary alicyclic amines) is 1. The molecule has 0 spiro atoms. The Morgan fingerprint density at radius 1 is 1.06 bits per heavy atom. The number of hydrogen-bond donors (Lipinski definition) is 0. The lowest BCUT2D eigenvalue weighted by atomic mass is 9.90. The summed E-state index contributed by atoms with van der Waals surface area (Å²) in [7, 11) is 1.69. The minimum Gasteiger partial charge on any atom is -0.497 e. The van der Waals surface area contributed by atoms with E-state index in [1.165, 1.54) is 5.56 Å². The predicted molar refractivity (Wildman–Crippen MR) is 119 cm³/mol. The highest BCUT2D eigenvalue weighted by Crippen LogP contribution is 2.24. The number of ether oxygens (including phenoxy) is 1. The largest absolute Gasteiger partial charge is 0.497 e. The van der Waals surface area contributed by atoms with Crippen molar-refractivity contribution in [3.05, 3.63) is 66.1 Å². The fourth-order valence-electron chi connectivity index (χ4n) is 4.08. The third kappa shape index (κ3) is 5.72. The molecule has 0 atom stereocenters. The lowest BCUT2D eigenvalue weighted by molar-refractivity contribution is -0.132. The third-order valence-corrected chi connectivity index (χ3v) is 5.92. The number of nitrogens with zero attached hydrogens (tertiary/aromatic N) is 3. The van der Waals surface area contributed by atoms with Gasteiger partial charge in [0.25, 0.3) is 0 Å². The molecule has 31 heavy (non-hydrogen) atoms. The zero-order valence-corrected chi connectivity index (χ0v) is 18.0. The topological polar surface area (TPSA) is 68.5 Å². The van der Waals surface area contributed by atoms with Gasteiger partial charge in [0.2, 0.25) is 17.7 Å². The summed E-state index contributed by atoms with van der Waals surface area (Å²) in [6.45, 7) is 1.69. The molecule has 2 heterocycles. The molecule has 4 rings (SSSR count). The molecular formula is C25H29N3O3. The van der Waals surface area contributed by atoms with E-state index in [9.17, 15) is 4.79 Å². The first kappa shape index (κ1) is 21.1. The van der Waals surface area contributed by atoms with Crippen LogP contribution in [0.5, 0.6) is 5.75 Å². The Morgan fingerprint density at radius 3 is 2.52 bits per heavy atom. The summed E-state index contributed by atoms with van der Waals surface area (Å²) in [6.07, 6.45) is 5.05. The minimum absolute atomic E-state index is 0.227. The van der Waals surface area contributed by atoms with E-state index in [1.54, 1.807) is 7.11 Å². The fourth-order valence-corrected chi connectivity index (χ4v) is 4.08. The van der Waals surface area contributed by atoms with E-state index >= 15 is 0 Å². The molecule has 162 valence electrons. The summed E-state index contributed by atoms with van der Waals surface area (Å²) in [5.41, 5.74) is 2.25. The monoisotopic (exact) mass is 419 g/mol. The van der Waals surface area contributed by atoms with Gasteiger partial charge in [-0.3, -0.25) is 4.79 Å². The van der Waals surface area contributed by atoms with E-state index in [1.807, 2.05) is 47.4 Å². The zero-order chi connectivity index (χ0) is 21.5. The van der Waals surface area contributed by atoms with Crippen LogP contribution in [0.25, 0.3) is 11.5 Å². The molecular weight excluding hydrogens is 390 g/mol. The van der Waals surface area contributed by atoms with Crippen LogP contribution in [0, 0.1) is 5.92 Å². The molecule has 0 N–H and O–H groups in total. The molecule has 0 bridgehead atoms. The molecule has 0 radical (unpaired) electrons. The van der Waals surface area contributed by atoms with Gasteiger partial charge in [-0.05, 0) is 61.4 Å². The summed E-state index contributed by atoms with van der Waals surface area (Å²) < 4.78 is 11.0. The quantitative estimate of drug-likeness (QED) is 0.536. The van der Waals surface area contributed by atoms with Crippen LogP contribution < -0.4 is 4.74 Å². The van der Waals surface area contributed by atoms with Crippen molar-refractivity contribution in [2.75, 3.05) is 20.2 Å². The number of hydrogen-bond acceptors (Lipinski definition) is 5. The van der Waals surface area contributed by atoms with Gasteiger partial charge < -0.3 is 14.1 Å². The van der Waals surface area contributed by atoms with Crippen LogP contribution in [0.3, 0.4) is 0 Å². The van der Waals surface area contributed by atoms with Crippen molar-refractivity contribution >= 4 is 5.91 Å². The lowest BCUT2D eigenvalue weighted by Gasteiger charge is -2.32. The van der Waals surface area contributed by atoms with Crippen LogP contribution in [0.4, 0.5) is 0 Å². The van der Waals surface area contributed by atoms with E-state index in [0.717, 1.165) is 50.1 Å². The minimum atomic E-state index is 0.227. The van der Waals surface area contributed by atoms with Crippen LogP contribution in [0.2, 0.25) is 0 Å². The second kappa shape index (κ2) is 10.2. The second-order valence-corrected chi connectivity index (χ2v) is 8.10. The van der Waals surface area contributed by atoms with Gasteiger partial charge in [0.15, 0.2) is 0 Å². The number of piperidine rings is 1. The van der Waals surface area contributed by atoms with Crippen molar-refractivity contribution in [2.24, 2.45) is 5.92 Å². The molecule has 0 saturated carbocycles. The zero-order valence-electron chi connectivity index (χ0n) is 18.0. The summed E-state index contributed by atoms with van der Waals surface area (Å²) in [5.74, 6) is 2.87. The number of benzene rings is 2. The Morgan fingerprint density at radius 2 is 1.81 bits per heavy atom. The SMILES string of the molecule is COc1ccc(CC2CCN(C(=O)CCCc3nnc(-c4ccccc4)o3)CC2)cc1. The van der Waals surface area contributed by atoms with Crippen molar-refractivity contribution in [1.82, 2.24) is 15.1 Å². The number of amides is 1. The van der Waals surface area contributed by atoms with Gasteiger partial charge in [0.05, 0.1) is 7.11 Å². The van der Waals surface area contributed by atoms with E-state index in [4.69, 9.17) is 9.15 Å². The molecule has 2 aromatic carbocycles. The predicted octanol–water partition coefficient (Wildman–Crippen LogP) is 4.55. The van der Waals surface area contributed by atoms with E-state index < -0.39 is 0 Å². The maximum Gasteiger partial charge on any atom is 0.247 e. The van der Waals surface area contributed by atoms with Gasteiger partial charge in [0, 0.05) is 31.5 Å². The van der Waals surface area contributed by atoms with Crippen molar-refractivity contribution in [3.63, 3.8) is 0 Å². The van der Waals surface area contributed by atoms with Crippen molar-refractivity contribution in [2.45, 2.75) is 38.5 Å². The highest BCUT2D eigenvalue weighted by molar-refractivity contribution is 5.76. The maximum atomic E-state index is 12.6. The van der Waals surface area contributed by atoms with Crippen molar-refractivity contribution in [3.8, 4) is 17.2 Å². The summed E-state index contributed by atoms with van der Waals surface area (Å²) in [6, 6.07) is 18.0. The maximum absolute atomic E-state index is 12.6. The average molecular weight is 420 g/mol. The van der Waals surface area contributed by atoms with E-state index in [-0.39, 0.29) is 5.91 Å². The van der Waals surface area contributed by atoms with Crippen molar-refractivity contribution < 1.29 is 13.9 Å². The number of carbonyl (C=O) groups is 1. The molecule has 1 amide bonds. The summed E-state index contributed by atoms with van der Waals surface area (Å²) >= 11 is 0. The van der Waals surface area contributed by atoms with Crippen LogP contribution in [-0.4, -0.2) is 41.2 Å². The lowest BCUT2D eigenvalue weighted by Crippen LogP contribution is -2.38. The Kier molecular flexibility index (Phi) is 6.97. The first-order chi connectivity index (χ1) is 15.2. The molecule has 1 aliphatic rings. The Bertz CT molecular complexity index is 961. The van der Waals surface area contributed by atoms with Crippen molar-refractivity contribution in [1.29, 1.82) is 0 Å². The number of methoxy groups -OCH3 is 1. The Hall–Kier alpha value is -3.15. The first-order valence-electron chi connectivity index (χ1n) is 11.0. The average Bonchev–Trinajstić information content (AvgIpc) is 3.29. The van der Waals surface area contributed by atoms with Crippen LogP contribution in [0.1, 0.15) is 37.1 Å². The molecule has 0 aliphatic carbocycles. The highest BCUT2D eigenvalue weighted by atomic mass is 16.5. The highest BCUT2D eigenvalue weighted by Gasteiger charge is 2.23. The Balaban J connectivity index is 1.18. The van der Waals surface area contributed by atoms with Crippen LogP contribution in [-0.2, 0) is 17.6 Å². The standard InChI is InChI=1S/C25H29N3O3/c1-30-22-12-10-19(11-13-22)18-20-14-16-28(17-15-20)24(29)9-5-8-23-26-27-25(31-23)21-6-3-2-4-7-21/h2-4,6-7,10-13,20H,5,8-9,14-18H2,1H3. The molecule has 3 aromatic rings. The van der Waals surface area contributed by atoms with Crippen LogP contribution in [0.15, 0.2) is 59.0 Å². The molecule has 1 fully saturated rings. The number of carbonyl (C=O) groups excluding carboxylic acids is 1. The van der Waals surface area contributed by atoms with Gasteiger partial charge in [-0.15, -0.1) is 10.2 Å². The number of aryl methyl sites for hydroxylation is 1. The summed E-state index contributed by atoms with van der Waals surface area (Å²) in [5, 5.41) is 8.22. The third-order valence-electron chi connectivity index (χ3n) is 5.92. The number of rotatable bonds is 8. The van der Waals surface area contributed by atoms with Gasteiger partial charge in [-0.1, -0.05) is 30.3 Å². The van der Waals surface area contributed by atoms with Gasteiger partial charge in [-0.2, -0.15) is 0 Å². The Labute approximate surface area is 183 Å². The second-order valence-electron chi connectivity index (χ2n) is 8.10. The fraction of sp³-hybridized carbons (Fsp3) is 0.400. The summed E-state index contributed by atoms with van der Waals surface area (Å²) in [4.78, 5) is 14.6. The molecule has 1 saturated heterocycles. The molecule has 6 nitrogen and oxygen atoms in total. The normalized spacial score (nSPS) is 14.5. The molecule has 1 aliphatic heterocycles. The molecule has 0 unspecified atom stereocenters. The smallest absolute Gasteiger partial charge is 0.247 e. The van der Waals surface area contributed by atoms with E-state index in [0.29, 0.717) is 30.5 Å². The van der Waals surface area contributed by atoms with Gasteiger partial charge in [-0.25, -0.2) is 0 Å². The van der Waals surface area contributed by atoms with E-state index in [2.05, 4.69) is 22.3 Å².